The molecule has 5 heterocycles. The lowest BCUT2D eigenvalue weighted by atomic mass is 10.2. The number of halogens is 4. The predicted molar refractivity (Wildman–Crippen MR) is 203 cm³/mol. The highest BCUT2D eigenvalue weighted by Crippen LogP contribution is 2.34. The molecular weight excluding hydrogens is 773 g/mol. The van der Waals surface area contributed by atoms with Crippen molar-refractivity contribution in [2.75, 3.05) is 62.0 Å². The van der Waals surface area contributed by atoms with Gasteiger partial charge in [-0.2, -0.15) is 22.7 Å². The number of carbonyl (C=O) groups is 2. The molecule has 20 heteroatoms. The number of rotatable bonds is 10. The van der Waals surface area contributed by atoms with E-state index in [0.29, 0.717) is 18.1 Å². The van der Waals surface area contributed by atoms with Gasteiger partial charge in [-0.15, -0.1) is 5.10 Å². The lowest BCUT2D eigenvalue weighted by Gasteiger charge is -2.37. The number of amides is 2. The van der Waals surface area contributed by atoms with Crippen LogP contribution in [0.4, 0.5) is 30.5 Å². The third kappa shape index (κ3) is 7.89. The van der Waals surface area contributed by atoms with Crippen LogP contribution in [0.3, 0.4) is 0 Å². The van der Waals surface area contributed by atoms with Crippen molar-refractivity contribution in [3.8, 4) is 5.75 Å². The van der Waals surface area contributed by atoms with Gasteiger partial charge in [0.05, 0.1) is 35.1 Å². The number of fused-ring (bicyclic) bond motifs is 2. The molecule has 2 amide bonds. The van der Waals surface area contributed by atoms with Gasteiger partial charge < -0.3 is 34.1 Å². The summed E-state index contributed by atoms with van der Waals surface area (Å²) < 4.78 is 55.3. The third-order valence-electron chi connectivity index (χ3n) is 9.63. The fourth-order valence-electron chi connectivity index (χ4n) is 6.76. The van der Waals surface area contributed by atoms with Crippen molar-refractivity contribution in [3.63, 3.8) is 0 Å². The Morgan fingerprint density at radius 2 is 1.74 bits per heavy atom. The average molecular weight is 811 g/mol. The fraction of sp³-hybridized carbons (Fsp3) is 0.378. The molecule has 0 unspecified atom stereocenters. The highest BCUT2D eigenvalue weighted by molar-refractivity contribution is 6.33. The first-order chi connectivity index (χ1) is 27.2. The Morgan fingerprint density at radius 1 is 1.00 bits per heavy atom. The molecule has 5 aromatic rings. The average Bonchev–Trinajstić information content (AvgIpc) is 3.66. The summed E-state index contributed by atoms with van der Waals surface area (Å²) in [7, 11) is 3.38. The van der Waals surface area contributed by atoms with Crippen LogP contribution in [0.5, 0.6) is 5.75 Å². The second kappa shape index (κ2) is 15.9. The summed E-state index contributed by atoms with van der Waals surface area (Å²) >= 11 is 6.12. The Morgan fingerprint density at radius 3 is 2.40 bits per heavy atom. The van der Waals surface area contributed by atoms with Crippen molar-refractivity contribution in [1.82, 2.24) is 33.6 Å². The molecule has 300 valence electrons. The summed E-state index contributed by atoms with van der Waals surface area (Å²) in [6, 6.07) is 11.8. The maximum absolute atomic E-state index is 14.2. The molecular formula is C37H38ClF3N10O6. The molecule has 0 bridgehead atoms. The SMILES string of the molecule is CCc1c(N2CCN(C(=O)c3nc4n(c(=O)c3OCc3ccccc3)CCOC4)CC2)c(=O)n2nc(N(C)C)nc2n1CC(=O)Nc1ccc(C(F)(F)F)cc1Cl. The number of anilines is 3. The Kier molecular flexibility index (Phi) is 11.0. The Balaban J connectivity index is 1.17. The van der Waals surface area contributed by atoms with E-state index in [2.05, 4.69) is 20.4 Å². The van der Waals surface area contributed by atoms with Gasteiger partial charge in [0.25, 0.3) is 17.0 Å². The van der Waals surface area contributed by atoms with Gasteiger partial charge >= 0.3 is 6.18 Å². The van der Waals surface area contributed by atoms with Crippen LogP contribution in [-0.4, -0.2) is 92.3 Å². The summed E-state index contributed by atoms with van der Waals surface area (Å²) in [5, 5.41) is 6.66. The van der Waals surface area contributed by atoms with Crippen molar-refractivity contribution in [2.24, 2.45) is 0 Å². The molecule has 2 aliphatic heterocycles. The van der Waals surface area contributed by atoms with Crippen molar-refractivity contribution in [1.29, 1.82) is 0 Å². The smallest absolute Gasteiger partial charge is 0.416 e. The van der Waals surface area contributed by atoms with Crippen LogP contribution < -0.4 is 31.0 Å². The summed E-state index contributed by atoms with van der Waals surface area (Å²) in [5.74, 6) is -0.724. The van der Waals surface area contributed by atoms with Gasteiger partial charge in [-0.1, -0.05) is 48.9 Å². The minimum Gasteiger partial charge on any atom is -0.481 e. The quantitative estimate of drug-likeness (QED) is 0.220. The largest absolute Gasteiger partial charge is 0.481 e. The summed E-state index contributed by atoms with van der Waals surface area (Å²) in [4.78, 5) is 69.5. The van der Waals surface area contributed by atoms with Gasteiger partial charge in [0.1, 0.15) is 31.3 Å². The topological polar surface area (TPSA) is 161 Å². The summed E-state index contributed by atoms with van der Waals surface area (Å²) in [5.41, 5.74) is -0.609. The van der Waals surface area contributed by atoms with Crippen LogP contribution in [0, 0.1) is 0 Å². The first kappa shape index (κ1) is 39.3. The van der Waals surface area contributed by atoms with E-state index in [-0.39, 0.29) is 91.9 Å². The third-order valence-corrected chi connectivity index (χ3v) is 9.94. The van der Waals surface area contributed by atoms with E-state index in [9.17, 15) is 32.3 Å². The summed E-state index contributed by atoms with van der Waals surface area (Å²) in [6.45, 7) is 2.76. The predicted octanol–water partition coefficient (Wildman–Crippen LogP) is 3.46. The normalized spacial score (nSPS) is 14.4. The fourth-order valence-corrected chi connectivity index (χ4v) is 6.99. The van der Waals surface area contributed by atoms with Gasteiger partial charge in [-0.25, -0.2) is 4.98 Å². The lowest BCUT2D eigenvalue weighted by molar-refractivity contribution is -0.137. The standard InChI is InChI=1S/C37H38ClF3N10O6/c1-4-26-30(33(54)51-36(44-35(45-51)46(2)3)50(26)19-28(52)42-25-11-10-23(18-24(25)38)37(39,40)41)47-12-14-48(15-13-47)32(53)29-31(57-20-22-8-6-5-7-9-22)34(55)49-16-17-56-21-27(49)43-29/h5-11,18H,4,12-17,19-21H2,1-3H3,(H,42,52). The molecule has 0 saturated carbocycles. The zero-order chi connectivity index (χ0) is 40.6. The molecule has 1 fully saturated rings. The van der Waals surface area contributed by atoms with Gasteiger partial charge in [-0.3, -0.25) is 23.7 Å². The van der Waals surface area contributed by atoms with E-state index in [1.807, 2.05) is 30.3 Å². The maximum Gasteiger partial charge on any atom is 0.416 e. The Labute approximate surface area is 328 Å². The van der Waals surface area contributed by atoms with E-state index in [1.165, 1.54) is 14.0 Å². The number of aromatic nitrogens is 6. The molecule has 2 aromatic carbocycles. The number of hydrogen-bond donors (Lipinski definition) is 1. The van der Waals surface area contributed by atoms with Crippen LogP contribution in [0.15, 0.2) is 58.1 Å². The molecule has 16 nitrogen and oxygen atoms in total. The lowest BCUT2D eigenvalue weighted by Crippen LogP contribution is -2.51. The number of alkyl halides is 3. The highest BCUT2D eigenvalue weighted by Gasteiger charge is 2.34. The molecule has 57 heavy (non-hydrogen) atoms. The van der Waals surface area contributed by atoms with Gasteiger partial charge in [0.15, 0.2) is 5.69 Å². The van der Waals surface area contributed by atoms with E-state index in [1.54, 1.807) is 30.8 Å². The molecule has 0 atom stereocenters. The van der Waals surface area contributed by atoms with Gasteiger partial charge in [-0.05, 0) is 30.2 Å². The van der Waals surface area contributed by atoms with Gasteiger partial charge in [0, 0.05) is 40.3 Å². The van der Waals surface area contributed by atoms with Crippen molar-refractivity contribution < 1.29 is 32.2 Å². The highest BCUT2D eigenvalue weighted by atomic mass is 35.5. The van der Waals surface area contributed by atoms with Crippen LogP contribution in [-0.2, 0) is 48.4 Å². The molecule has 7 rings (SSSR count). The molecule has 2 aliphatic rings. The monoisotopic (exact) mass is 810 g/mol. The molecule has 0 radical (unpaired) electrons. The van der Waals surface area contributed by atoms with Crippen molar-refractivity contribution in [2.45, 2.75) is 45.8 Å². The Bertz CT molecular complexity index is 2460. The number of nitrogens with zero attached hydrogens (tertiary/aromatic N) is 9. The molecule has 3 aromatic heterocycles. The van der Waals surface area contributed by atoms with Crippen molar-refractivity contribution in [3.05, 3.63) is 103 Å². The number of benzene rings is 2. The van der Waals surface area contributed by atoms with Crippen LogP contribution in [0.2, 0.25) is 5.02 Å². The van der Waals surface area contributed by atoms with Crippen molar-refractivity contribution >= 4 is 46.5 Å². The number of ether oxygens (including phenoxy) is 2. The molecule has 1 saturated heterocycles. The second-order valence-electron chi connectivity index (χ2n) is 13.6. The Hall–Kier alpha value is -5.95. The second-order valence-corrected chi connectivity index (χ2v) is 14.0. The van der Waals surface area contributed by atoms with Gasteiger partial charge in [0.2, 0.25) is 23.4 Å². The summed E-state index contributed by atoms with van der Waals surface area (Å²) in [6.07, 6.45) is -4.35. The minimum absolute atomic E-state index is 0.0292. The molecule has 0 spiro atoms. The first-order valence-corrected chi connectivity index (χ1v) is 18.4. The molecule has 1 N–H and O–H groups in total. The molecule has 0 aliphatic carbocycles. The first-order valence-electron chi connectivity index (χ1n) is 18.0. The van der Waals surface area contributed by atoms with Crippen LogP contribution >= 0.6 is 11.6 Å². The minimum atomic E-state index is -4.62. The number of hydrogen-bond acceptors (Lipinski definition) is 11. The zero-order valence-electron chi connectivity index (χ0n) is 31.2. The van der Waals surface area contributed by atoms with E-state index >= 15 is 0 Å². The van der Waals surface area contributed by atoms with E-state index in [0.717, 1.165) is 28.3 Å². The number of piperazine rings is 1. The number of carbonyl (C=O) groups excluding carboxylic acids is 2. The van der Waals surface area contributed by atoms with E-state index < -0.39 is 41.2 Å². The van der Waals surface area contributed by atoms with Crippen LogP contribution in [0.25, 0.3) is 5.78 Å². The van der Waals surface area contributed by atoms with E-state index in [4.69, 9.17) is 21.1 Å². The zero-order valence-corrected chi connectivity index (χ0v) is 31.9. The maximum atomic E-state index is 14.2. The van der Waals surface area contributed by atoms with Crippen LogP contribution in [0.1, 0.15) is 40.1 Å². The number of nitrogens with one attached hydrogen (secondary N) is 1.